The fourth-order valence-electron chi connectivity index (χ4n) is 3.86. The van der Waals surface area contributed by atoms with E-state index in [1.807, 2.05) is 49.4 Å². The number of anilines is 1. The average molecular weight is 542 g/mol. The molecule has 0 spiro atoms. The summed E-state index contributed by atoms with van der Waals surface area (Å²) < 4.78 is 39.1. The Bertz CT molecular complexity index is 1210. The minimum Gasteiger partial charge on any atom is -0.303 e. The number of amides is 1. The number of allylic oxidation sites excluding steroid dienone is 6. The second-order valence-electron chi connectivity index (χ2n) is 9.27. The first-order chi connectivity index (χ1) is 18.0. The van der Waals surface area contributed by atoms with Crippen molar-refractivity contribution in [1.29, 1.82) is 0 Å². The van der Waals surface area contributed by atoms with Gasteiger partial charge in [0.2, 0.25) is 0 Å². The lowest BCUT2D eigenvalue weighted by atomic mass is 10.1. The number of aryl methyl sites for hydroxylation is 1. The summed E-state index contributed by atoms with van der Waals surface area (Å²) in [4.78, 5) is 17.3. The Morgan fingerprint density at radius 3 is 2.42 bits per heavy atom. The quantitative estimate of drug-likeness (QED) is 0.149. The van der Waals surface area contributed by atoms with Gasteiger partial charge in [-0.2, -0.15) is 13.2 Å². The van der Waals surface area contributed by atoms with Gasteiger partial charge in [-0.15, -0.1) is 11.3 Å². The van der Waals surface area contributed by atoms with Crippen LogP contribution in [0.4, 0.5) is 18.9 Å². The van der Waals surface area contributed by atoms with Gasteiger partial charge in [-0.3, -0.25) is 4.79 Å². The van der Waals surface area contributed by atoms with E-state index in [4.69, 9.17) is 0 Å². The molecule has 0 radical (unpaired) electrons. The van der Waals surface area contributed by atoms with Crippen molar-refractivity contribution in [3.63, 3.8) is 0 Å². The Balaban J connectivity index is 2.36. The van der Waals surface area contributed by atoms with E-state index in [1.165, 1.54) is 11.6 Å². The first kappa shape index (κ1) is 31.1. The third kappa shape index (κ3) is 9.32. The molecule has 0 aliphatic rings. The van der Waals surface area contributed by atoms with Gasteiger partial charge in [-0.05, 0) is 65.0 Å². The summed E-state index contributed by atoms with van der Waals surface area (Å²) in [5.74, 6) is -0.265. The Labute approximate surface area is 229 Å². The molecule has 0 unspecified atom stereocenters. The third-order valence-electron chi connectivity index (χ3n) is 6.22. The van der Waals surface area contributed by atoms with Gasteiger partial charge in [0.05, 0.1) is 5.69 Å². The van der Waals surface area contributed by atoms with Crippen LogP contribution in [0.2, 0.25) is 0 Å². The molecule has 0 aliphatic heterocycles. The van der Waals surface area contributed by atoms with E-state index in [0.29, 0.717) is 11.1 Å². The van der Waals surface area contributed by atoms with Crippen molar-refractivity contribution in [1.82, 2.24) is 0 Å². The van der Waals surface area contributed by atoms with Crippen LogP contribution < -0.4 is 4.90 Å². The highest BCUT2D eigenvalue weighted by Gasteiger charge is 2.29. The second-order valence-corrected chi connectivity index (χ2v) is 10.5. The van der Waals surface area contributed by atoms with Crippen LogP contribution in [0.3, 0.4) is 0 Å². The first-order valence-corrected chi connectivity index (χ1v) is 13.7. The van der Waals surface area contributed by atoms with E-state index in [9.17, 15) is 18.0 Å². The topological polar surface area (TPSA) is 20.3 Å². The zero-order valence-corrected chi connectivity index (χ0v) is 23.8. The number of carbonyl (C=O) groups excluding carboxylic acids is 1. The maximum absolute atomic E-state index is 13.7. The summed E-state index contributed by atoms with van der Waals surface area (Å²) in [6.07, 6.45) is 7.27. The summed E-state index contributed by atoms with van der Waals surface area (Å²) in [6.45, 7) is 13.2. The number of benzene rings is 1. The van der Waals surface area contributed by atoms with Crippen LogP contribution in [0.5, 0.6) is 0 Å². The molecule has 2 rings (SSSR count). The fraction of sp³-hybridized carbons (Fsp3) is 0.344. The van der Waals surface area contributed by atoms with E-state index >= 15 is 0 Å². The average Bonchev–Trinajstić information content (AvgIpc) is 3.27. The number of thiophene rings is 1. The van der Waals surface area contributed by atoms with Gasteiger partial charge in [-0.25, -0.2) is 0 Å². The van der Waals surface area contributed by atoms with Crippen molar-refractivity contribution in [3.05, 3.63) is 101 Å². The molecule has 2 aromatic rings. The predicted molar refractivity (Wildman–Crippen MR) is 157 cm³/mol. The molecule has 0 atom stereocenters. The van der Waals surface area contributed by atoms with Crippen molar-refractivity contribution < 1.29 is 18.0 Å². The minimum atomic E-state index is -4.37. The second kappa shape index (κ2) is 14.7. The van der Waals surface area contributed by atoms with Crippen LogP contribution >= 0.6 is 11.3 Å². The predicted octanol–water partition coefficient (Wildman–Crippen LogP) is 10.2. The summed E-state index contributed by atoms with van der Waals surface area (Å²) >= 11 is 1.58. The highest BCUT2D eigenvalue weighted by atomic mass is 32.1. The Morgan fingerprint density at radius 1 is 1.13 bits per heavy atom. The summed E-state index contributed by atoms with van der Waals surface area (Å²) in [7, 11) is 0. The number of hydrogen-bond donors (Lipinski definition) is 0. The van der Waals surface area contributed by atoms with E-state index in [0.717, 1.165) is 47.2 Å². The number of rotatable bonds is 12. The van der Waals surface area contributed by atoms with Gasteiger partial charge >= 0.3 is 6.18 Å². The van der Waals surface area contributed by atoms with E-state index in [2.05, 4.69) is 26.5 Å². The molecule has 0 aliphatic carbocycles. The number of hydrogen-bond acceptors (Lipinski definition) is 2. The van der Waals surface area contributed by atoms with Crippen molar-refractivity contribution in [2.75, 3.05) is 11.4 Å². The van der Waals surface area contributed by atoms with Gasteiger partial charge < -0.3 is 4.90 Å². The molecule has 2 nitrogen and oxygen atoms in total. The van der Waals surface area contributed by atoms with Gasteiger partial charge in [0.15, 0.2) is 0 Å². The minimum absolute atomic E-state index is 0.103. The maximum atomic E-state index is 13.7. The van der Waals surface area contributed by atoms with Crippen LogP contribution in [0, 0.1) is 6.92 Å². The largest absolute Gasteiger partial charge is 0.412 e. The van der Waals surface area contributed by atoms with Gasteiger partial charge in [0.1, 0.15) is 0 Å². The summed E-state index contributed by atoms with van der Waals surface area (Å²) in [5.41, 5.74) is 3.50. The van der Waals surface area contributed by atoms with Gasteiger partial charge in [0, 0.05) is 27.4 Å². The fourth-order valence-corrected chi connectivity index (χ4v) is 4.89. The Hall–Kier alpha value is -3.12. The third-order valence-corrected chi connectivity index (χ3v) is 7.31. The van der Waals surface area contributed by atoms with E-state index in [1.54, 1.807) is 35.3 Å². The van der Waals surface area contributed by atoms with Gasteiger partial charge in [-0.1, -0.05) is 85.4 Å². The smallest absolute Gasteiger partial charge is 0.303 e. The van der Waals surface area contributed by atoms with Crippen molar-refractivity contribution in [3.8, 4) is 10.4 Å². The lowest BCUT2D eigenvalue weighted by Gasteiger charge is -2.24. The molecule has 6 heteroatoms. The van der Waals surface area contributed by atoms with Crippen molar-refractivity contribution in [2.45, 2.75) is 66.5 Å². The molecular weight excluding hydrogens is 503 g/mol. The van der Waals surface area contributed by atoms with Crippen LogP contribution in [-0.2, 0) is 4.79 Å². The lowest BCUT2D eigenvalue weighted by molar-refractivity contribution is -0.114. The van der Waals surface area contributed by atoms with Crippen molar-refractivity contribution in [2.24, 2.45) is 0 Å². The van der Waals surface area contributed by atoms with Crippen LogP contribution in [0.25, 0.3) is 10.4 Å². The SMILES string of the molecule is C=C(/C=C\CC/C(C)=C\CC)C(=O)N(C/C(=C/C)C/C=C(\C)C(F)(F)F)c1cc(-c2ccccc2)sc1C. The summed E-state index contributed by atoms with van der Waals surface area (Å²) in [5, 5.41) is 0. The molecule has 0 saturated carbocycles. The molecule has 204 valence electrons. The van der Waals surface area contributed by atoms with Gasteiger partial charge in [0.25, 0.3) is 5.91 Å². The van der Waals surface area contributed by atoms with Crippen LogP contribution in [-0.4, -0.2) is 18.6 Å². The standard InChI is InChI=1S/C32H38F3NOS/c1-7-14-23(3)15-12-13-16-24(4)31(37)36(22-27(8-2)20-19-25(5)32(33,34)35)29-21-30(38-26(29)6)28-17-10-9-11-18-28/h8-11,13-14,16-19,21H,4,7,12,15,20,22H2,1-3,5-6H3/b16-13-,23-14-,25-19+,27-8+. The van der Waals surface area contributed by atoms with Crippen LogP contribution in [0.1, 0.15) is 58.3 Å². The number of carbonyl (C=O) groups is 1. The summed E-state index contributed by atoms with van der Waals surface area (Å²) in [6, 6.07) is 11.9. The zero-order valence-electron chi connectivity index (χ0n) is 23.0. The maximum Gasteiger partial charge on any atom is 0.412 e. The highest BCUT2D eigenvalue weighted by molar-refractivity contribution is 7.16. The number of alkyl halides is 3. The molecule has 1 aromatic carbocycles. The molecule has 1 heterocycles. The van der Waals surface area contributed by atoms with E-state index in [-0.39, 0.29) is 18.9 Å². The highest BCUT2D eigenvalue weighted by Crippen LogP contribution is 2.37. The molecule has 1 aromatic heterocycles. The van der Waals surface area contributed by atoms with Crippen LogP contribution in [0.15, 0.2) is 95.6 Å². The molecule has 0 fully saturated rings. The molecule has 0 bridgehead atoms. The number of nitrogens with zero attached hydrogens (tertiary/aromatic N) is 1. The molecule has 1 amide bonds. The first-order valence-electron chi connectivity index (χ1n) is 12.8. The number of halogens is 3. The monoisotopic (exact) mass is 541 g/mol. The lowest BCUT2D eigenvalue weighted by Crippen LogP contribution is -2.33. The Morgan fingerprint density at radius 2 is 1.82 bits per heavy atom. The molecule has 38 heavy (non-hydrogen) atoms. The molecular formula is C32H38F3NOS. The zero-order chi connectivity index (χ0) is 28.3. The molecule has 0 N–H and O–H groups in total. The van der Waals surface area contributed by atoms with E-state index < -0.39 is 11.7 Å². The van der Waals surface area contributed by atoms with Crippen molar-refractivity contribution >= 4 is 22.9 Å². The molecule has 0 saturated heterocycles. The Kier molecular flexibility index (Phi) is 12.0. The normalized spacial score (nSPS) is 13.3.